The minimum atomic E-state index is -0.441. The Morgan fingerprint density at radius 1 is 1.09 bits per heavy atom. The summed E-state index contributed by atoms with van der Waals surface area (Å²) in [6.45, 7) is 4.91. The topological polar surface area (TPSA) is 59.3 Å². The number of carbonyl (C=O) groups excluding carboxylic acids is 1. The van der Waals surface area contributed by atoms with Gasteiger partial charge in [0.05, 0.1) is 23.8 Å². The minimum Gasteiger partial charge on any atom is -0.493 e. The molecule has 0 amide bonds. The zero-order chi connectivity index (χ0) is 16.7. The lowest BCUT2D eigenvalue weighted by molar-refractivity contribution is 0.0734. The molecule has 2 aromatic carbocycles. The highest BCUT2D eigenvalue weighted by atomic mass is 16.5. The predicted octanol–water partition coefficient (Wildman–Crippen LogP) is 4.20. The number of nitrogens with zero attached hydrogens (tertiary/aromatic N) is 1. The first kappa shape index (κ1) is 16.6. The first-order chi connectivity index (χ1) is 11.1. The van der Waals surface area contributed by atoms with Crippen molar-refractivity contribution in [3.05, 3.63) is 59.7 Å². The van der Waals surface area contributed by atoms with Crippen LogP contribution in [0.1, 0.15) is 36.2 Å². The lowest BCUT2D eigenvalue weighted by atomic mass is 10.1. The zero-order valence-corrected chi connectivity index (χ0v) is 13.3. The van der Waals surface area contributed by atoms with Crippen molar-refractivity contribution in [1.82, 2.24) is 0 Å². The van der Waals surface area contributed by atoms with Crippen LogP contribution >= 0.6 is 0 Å². The maximum atomic E-state index is 12.1. The number of esters is 1. The van der Waals surface area contributed by atoms with Gasteiger partial charge in [-0.05, 0) is 54.4 Å². The molecule has 0 heterocycles. The normalized spacial score (nSPS) is 11.3. The van der Waals surface area contributed by atoms with E-state index in [1.807, 2.05) is 6.07 Å². The molecule has 1 unspecified atom stereocenters. The molecule has 0 aromatic heterocycles. The van der Waals surface area contributed by atoms with E-state index in [2.05, 4.69) is 13.8 Å². The van der Waals surface area contributed by atoms with Crippen molar-refractivity contribution in [2.45, 2.75) is 20.3 Å². The highest BCUT2D eigenvalue weighted by molar-refractivity contribution is 5.91. The summed E-state index contributed by atoms with van der Waals surface area (Å²) >= 11 is 0. The van der Waals surface area contributed by atoms with Crippen LogP contribution in [0.25, 0.3) is 0 Å². The van der Waals surface area contributed by atoms with E-state index in [1.54, 1.807) is 48.5 Å². The van der Waals surface area contributed by atoms with Crippen molar-refractivity contribution in [2.24, 2.45) is 5.92 Å². The van der Waals surface area contributed by atoms with E-state index in [-0.39, 0.29) is 0 Å². The van der Waals surface area contributed by atoms with Gasteiger partial charge in [0, 0.05) is 0 Å². The molecular weight excluding hydrogens is 290 g/mol. The number of carbonyl (C=O) groups is 1. The van der Waals surface area contributed by atoms with Gasteiger partial charge in [0.1, 0.15) is 11.5 Å². The Labute approximate surface area is 136 Å². The number of hydrogen-bond donors (Lipinski definition) is 0. The maximum Gasteiger partial charge on any atom is 0.343 e. The van der Waals surface area contributed by atoms with Gasteiger partial charge in [-0.25, -0.2) is 4.79 Å². The molecular formula is C19H19NO3. The van der Waals surface area contributed by atoms with Crippen molar-refractivity contribution >= 4 is 5.97 Å². The Balaban J connectivity index is 1.95. The lowest BCUT2D eigenvalue weighted by Gasteiger charge is -2.11. The second-order valence-electron chi connectivity index (χ2n) is 5.37. The van der Waals surface area contributed by atoms with E-state index in [0.717, 1.165) is 12.2 Å². The van der Waals surface area contributed by atoms with Crippen molar-refractivity contribution in [1.29, 1.82) is 5.26 Å². The van der Waals surface area contributed by atoms with E-state index in [4.69, 9.17) is 14.7 Å². The van der Waals surface area contributed by atoms with Crippen LogP contribution < -0.4 is 9.47 Å². The van der Waals surface area contributed by atoms with Gasteiger partial charge in [-0.3, -0.25) is 0 Å². The average Bonchev–Trinajstić information content (AvgIpc) is 2.60. The van der Waals surface area contributed by atoms with E-state index in [0.29, 0.717) is 29.4 Å². The summed E-state index contributed by atoms with van der Waals surface area (Å²) in [6, 6.07) is 15.3. The highest BCUT2D eigenvalue weighted by Gasteiger charge is 2.09. The summed E-state index contributed by atoms with van der Waals surface area (Å²) in [4.78, 5) is 12.1. The van der Waals surface area contributed by atoms with E-state index < -0.39 is 5.97 Å². The third kappa shape index (κ3) is 4.86. The van der Waals surface area contributed by atoms with Crippen molar-refractivity contribution < 1.29 is 14.3 Å². The average molecular weight is 309 g/mol. The summed E-state index contributed by atoms with van der Waals surface area (Å²) in [7, 11) is 0. The molecule has 0 bridgehead atoms. The smallest absolute Gasteiger partial charge is 0.343 e. The van der Waals surface area contributed by atoms with Gasteiger partial charge in [-0.15, -0.1) is 0 Å². The number of nitriles is 1. The van der Waals surface area contributed by atoms with E-state index >= 15 is 0 Å². The molecule has 118 valence electrons. The molecule has 0 spiro atoms. The molecule has 0 saturated heterocycles. The molecule has 0 radical (unpaired) electrons. The van der Waals surface area contributed by atoms with Crippen LogP contribution in [0.2, 0.25) is 0 Å². The van der Waals surface area contributed by atoms with Crippen molar-refractivity contribution in [3.63, 3.8) is 0 Å². The van der Waals surface area contributed by atoms with Gasteiger partial charge in [0.25, 0.3) is 0 Å². The molecule has 0 aliphatic carbocycles. The third-order valence-corrected chi connectivity index (χ3v) is 3.52. The van der Waals surface area contributed by atoms with Gasteiger partial charge >= 0.3 is 5.97 Å². The molecule has 4 nitrogen and oxygen atoms in total. The fourth-order valence-corrected chi connectivity index (χ4v) is 1.81. The van der Waals surface area contributed by atoms with Gasteiger partial charge in [0.15, 0.2) is 0 Å². The van der Waals surface area contributed by atoms with Crippen LogP contribution in [0.5, 0.6) is 11.5 Å². The standard InChI is InChI=1S/C19H19NO3/c1-3-14(2)13-22-17-10-6-16(7-11-17)19(21)23-18-8-4-15(12-20)5-9-18/h4-11,14H,3,13H2,1-2H3. The summed E-state index contributed by atoms with van der Waals surface area (Å²) in [6.07, 6.45) is 1.06. The van der Waals surface area contributed by atoms with Crippen LogP contribution in [-0.2, 0) is 0 Å². The number of ether oxygens (including phenoxy) is 2. The molecule has 23 heavy (non-hydrogen) atoms. The number of benzene rings is 2. The van der Waals surface area contributed by atoms with E-state index in [9.17, 15) is 4.79 Å². The second kappa shape index (κ2) is 8.00. The largest absolute Gasteiger partial charge is 0.493 e. The summed E-state index contributed by atoms with van der Waals surface area (Å²) < 4.78 is 10.9. The molecule has 2 rings (SSSR count). The van der Waals surface area contributed by atoms with Gasteiger partial charge in [-0.2, -0.15) is 5.26 Å². The quantitative estimate of drug-likeness (QED) is 0.592. The molecule has 0 saturated carbocycles. The second-order valence-corrected chi connectivity index (χ2v) is 5.37. The van der Waals surface area contributed by atoms with Crippen molar-refractivity contribution in [2.75, 3.05) is 6.61 Å². The Morgan fingerprint density at radius 3 is 2.26 bits per heavy atom. The van der Waals surface area contributed by atoms with E-state index in [1.165, 1.54) is 0 Å². The van der Waals surface area contributed by atoms with Gasteiger partial charge in [-0.1, -0.05) is 20.3 Å². The predicted molar refractivity (Wildman–Crippen MR) is 87.5 cm³/mol. The number of hydrogen-bond acceptors (Lipinski definition) is 4. The summed E-state index contributed by atoms with van der Waals surface area (Å²) in [5.41, 5.74) is 0.970. The van der Waals surface area contributed by atoms with Crippen LogP contribution in [0, 0.1) is 17.2 Å². The molecule has 1 atom stereocenters. The summed E-state index contributed by atoms with van der Waals surface area (Å²) in [5.74, 6) is 1.20. The Morgan fingerprint density at radius 2 is 1.70 bits per heavy atom. The molecule has 0 fully saturated rings. The summed E-state index contributed by atoms with van der Waals surface area (Å²) in [5, 5.41) is 8.74. The first-order valence-electron chi connectivity index (χ1n) is 7.57. The Bertz CT molecular complexity index is 684. The van der Waals surface area contributed by atoms with Crippen LogP contribution in [0.3, 0.4) is 0 Å². The lowest BCUT2D eigenvalue weighted by Crippen LogP contribution is -2.09. The van der Waals surface area contributed by atoms with Crippen LogP contribution in [-0.4, -0.2) is 12.6 Å². The molecule has 4 heteroatoms. The SMILES string of the molecule is CCC(C)COc1ccc(C(=O)Oc2ccc(C#N)cc2)cc1. The zero-order valence-electron chi connectivity index (χ0n) is 13.3. The molecule has 0 aliphatic rings. The minimum absolute atomic E-state index is 0.408. The monoisotopic (exact) mass is 309 g/mol. The Hall–Kier alpha value is -2.80. The molecule has 0 aliphatic heterocycles. The Kier molecular flexibility index (Phi) is 5.76. The van der Waals surface area contributed by atoms with Gasteiger partial charge in [0.2, 0.25) is 0 Å². The third-order valence-electron chi connectivity index (χ3n) is 3.52. The molecule has 0 N–H and O–H groups in total. The van der Waals surface area contributed by atoms with Crippen LogP contribution in [0.15, 0.2) is 48.5 Å². The molecule has 2 aromatic rings. The maximum absolute atomic E-state index is 12.1. The highest BCUT2D eigenvalue weighted by Crippen LogP contribution is 2.17. The van der Waals surface area contributed by atoms with Crippen molar-refractivity contribution in [3.8, 4) is 17.6 Å². The fourth-order valence-electron chi connectivity index (χ4n) is 1.81. The fraction of sp³-hybridized carbons (Fsp3) is 0.263. The number of rotatable bonds is 6. The van der Waals surface area contributed by atoms with Crippen LogP contribution in [0.4, 0.5) is 0 Å². The van der Waals surface area contributed by atoms with Gasteiger partial charge < -0.3 is 9.47 Å². The first-order valence-corrected chi connectivity index (χ1v) is 7.57.